The van der Waals surface area contributed by atoms with Crippen LogP contribution < -0.4 is 0 Å². The first kappa shape index (κ1) is 12.8. The molecule has 0 aliphatic rings. The van der Waals surface area contributed by atoms with Crippen molar-refractivity contribution in [1.29, 1.82) is 0 Å². The summed E-state index contributed by atoms with van der Waals surface area (Å²) in [4.78, 5) is 10.6. The van der Waals surface area contributed by atoms with Crippen LogP contribution in [0.15, 0.2) is 0 Å². The Morgan fingerprint density at radius 2 is 2.00 bits per heavy atom. The molecule has 4 heteroatoms. The van der Waals surface area contributed by atoms with Crippen LogP contribution in [-0.2, 0) is 14.3 Å². The lowest BCUT2D eigenvalue weighted by atomic mass is 10.2. The first-order valence-electron chi connectivity index (χ1n) is 4.27. The molecule has 0 heterocycles. The topological polar surface area (TPSA) is 35.5 Å². The zero-order chi connectivity index (χ0) is 10.5. The number of rotatable bonds is 4. The average molecular weight is 206 g/mol. The molecule has 0 N–H and O–H groups in total. The Bertz CT molecular complexity index is 163. The lowest BCUT2D eigenvalue weighted by molar-refractivity contribution is -0.150. The van der Waals surface area contributed by atoms with Crippen LogP contribution in [0, 0.1) is 0 Å². The minimum Gasteiger partial charge on any atom is -0.459 e. The maximum Gasteiger partial charge on any atom is 0.303 e. The second-order valence-electron chi connectivity index (χ2n) is 3.84. The van der Waals surface area contributed by atoms with Crippen molar-refractivity contribution >= 4 is 18.6 Å². The summed E-state index contributed by atoms with van der Waals surface area (Å²) in [6.45, 7) is 7.64. The van der Waals surface area contributed by atoms with Gasteiger partial charge in [0.2, 0.25) is 0 Å². The van der Waals surface area contributed by atoms with E-state index in [4.69, 9.17) is 9.47 Å². The molecule has 0 spiro atoms. The summed E-state index contributed by atoms with van der Waals surface area (Å²) in [5.41, 5.74) is -0.207. The fourth-order valence-electron chi connectivity index (χ4n) is 0.702. The quantitative estimate of drug-likeness (QED) is 0.561. The molecular formula is C9H18O3S. The molecule has 1 unspecified atom stereocenters. The fraction of sp³-hybridized carbons (Fsp3) is 0.889. The van der Waals surface area contributed by atoms with Crippen molar-refractivity contribution in [3.05, 3.63) is 0 Å². The molecule has 0 rings (SSSR count). The van der Waals surface area contributed by atoms with Crippen molar-refractivity contribution in [2.45, 2.75) is 39.4 Å². The molecule has 0 bridgehead atoms. The van der Waals surface area contributed by atoms with E-state index < -0.39 is 0 Å². The van der Waals surface area contributed by atoms with Crippen LogP contribution >= 0.6 is 12.6 Å². The van der Waals surface area contributed by atoms with Crippen LogP contribution in [0.2, 0.25) is 0 Å². The van der Waals surface area contributed by atoms with Crippen molar-refractivity contribution < 1.29 is 14.3 Å². The summed E-state index contributed by atoms with van der Waals surface area (Å²) in [5.74, 6) is 0.187. The summed E-state index contributed by atoms with van der Waals surface area (Å²) in [5, 5.41) is 0. The van der Waals surface area contributed by atoms with Gasteiger partial charge in [0.15, 0.2) is 0 Å². The molecular weight excluding hydrogens is 188 g/mol. The summed E-state index contributed by atoms with van der Waals surface area (Å²) < 4.78 is 10.4. The van der Waals surface area contributed by atoms with Gasteiger partial charge in [-0.15, -0.1) is 0 Å². The Morgan fingerprint density at radius 1 is 1.46 bits per heavy atom. The second-order valence-corrected chi connectivity index (χ2v) is 4.20. The summed E-state index contributed by atoms with van der Waals surface area (Å²) in [6.07, 6.45) is -0.250. The predicted octanol–water partition coefficient (Wildman–Crippen LogP) is 1.66. The zero-order valence-electron chi connectivity index (χ0n) is 8.66. The predicted molar refractivity (Wildman–Crippen MR) is 55.1 cm³/mol. The Morgan fingerprint density at radius 3 is 2.31 bits per heavy atom. The van der Waals surface area contributed by atoms with Crippen molar-refractivity contribution in [1.82, 2.24) is 0 Å². The summed E-state index contributed by atoms with van der Waals surface area (Å²) in [7, 11) is 0. The van der Waals surface area contributed by atoms with Gasteiger partial charge in [0.05, 0.1) is 12.2 Å². The minimum absolute atomic E-state index is 0.207. The molecule has 3 nitrogen and oxygen atoms in total. The third-order valence-corrected chi connectivity index (χ3v) is 1.65. The van der Waals surface area contributed by atoms with Crippen LogP contribution in [0.1, 0.15) is 27.7 Å². The molecule has 0 saturated carbocycles. The van der Waals surface area contributed by atoms with Gasteiger partial charge in [-0.25, -0.2) is 0 Å². The lowest BCUT2D eigenvalue weighted by Gasteiger charge is -2.23. The van der Waals surface area contributed by atoms with E-state index in [0.717, 1.165) is 0 Å². The van der Waals surface area contributed by atoms with Crippen molar-refractivity contribution in [3.8, 4) is 0 Å². The third-order valence-electron chi connectivity index (χ3n) is 1.24. The van der Waals surface area contributed by atoms with Gasteiger partial charge >= 0.3 is 5.97 Å². The molecule has 0 aliphatic carbocycles. The van der Waals surface area contributed by atoms with Crippen LogP contribution in [0.4, 0.5) is 0 Å². The largest absolute Gasteiger partial charge is 0.459 e. The molecule has 0 aliphatic heterocycles. The maximum absolute atomic E-state index is 10.6. The zero-order valence-corrected chi connectivity index (χ0v) is 9.56. The summed E-state index contributed by atoms with van der Waals surface area (Å²) >= 11 is 4.06. The van der Waals surface area contributed by atoms with Gasteiger partial charge < -0.3 is 9.47 Å². The molecule has 0 aromatic carbocycles. The first-order valence-corrected chi connectivity index (χ1v) is 4.90. The SMILES string of the molecule is CC(=O)OC(CS)COC(C)(C)C. The third kappa shape index (κ3) is 8.12. The van der Waals surface area contributed by atoms with Gasteiger partial charge in [-0.1, -0.05) is 0 Å². The Labute approximate surface area is 85.2 Å². The Balaban J connectivity index is 3.79. The van der Waals surface area contributed by atoms with Gasteiger partial charge in [-0.3, -0.25) is 4.79 Å². The number of ether oxygens (including phenoxy) is 2. The molecule has 0 saturated heterocycles. The van der Waals surface area contributed by atoms with Gasteiger partial charge in [0.25, 0.3) is 0 Å². The molecule has 1 atom stereocenters. The number of carbonyl (C=O) groups is 1. The van der Waals surface area contributed by atoms with Gasteiger partial charge in [0, 0.05) is 12.7 Å². The molecule has 13 heavy (non-hydrogen) atoms. The minimum atomic E-state index is -0.295. The fourth-order valence-corrected chi connectivity index (χ4v) is 0.882. The Kier molecular flexibility index (Phi) is 5.40. The van der Waals surface area contributed by atoms with E-state index in [1.165, 1.54) is 6.92 Å². The van der Waals surface area contributed by atoms with Gasteiger partial charge in [0.1, 0.15) is 6.10 Å². The molecule has 0 aromatic heterocycles. The molecule has 0 radical (unpaired) electrons. The second kappa shape index (κ2) is 5.50. The summed E-state index contributed by atoms with van der Waals surface area (Å²) in [6, 6.07) is 0. The lowest BCUT2D eigenvalue weighted by Crippen LogP contribution is -2.30. The first-order chi connectivity index (χ1) is 5.85. The molecule has 78 valence electrons. The molecule has 0 amide bonds. The molecule has 0 fully saturated rings. The van der Waals surface area contributed by atoms with Gasteiger partial charge in [-0.2, -0.15) is 12.6 Å². The van der Waals surface area contributed by atoms with Crippen LogP contribution in [0.5, 0.6) is 0 Å². The van der Waals surface area contributed by atoms with E-state index in [1.54, 1.807) is 0 Å². The smallest absolute Gasteiger partial charge is 0.303 e. The monoisotopic (exact) mass is 206 g/mol. The highest BCUT2D eigenvalue weighted by Gasteiger charge is 2.16. The van der Waals surface area contributed by atoms with E-state index in [9.17, 15) is 4.79 Å². The van der Waals surface area contributed by atoms with Crippen molar-refractivity contribution in [3.63, 3.8) is 0 Å². The van der Waals surface area contributed by atoms with Crippen molar-refractivity contribution in [2.24, 2.45) is 0 Å². The standard InChI is InChI=1S/C9H18O3S/c1-7(10)12-8(6-13)5-11-9(2,3)4/h8,13H,5-6H2,1-4H3. The molecule has 0 aromatic rings. The highest BCUT2D eigenvalue weighted by Crippen LogP contribution is 2.09. The number of hydrogen-bond acceptors (Lipinski definition) is 4. The number of carbonyl (C=O) groups excluding carboxylic acids is 1. The highest BCUT2D eigenvalue weighted by molar-refractivity contribution is 7.80. The maximum atomic E-state index is 10.6. The van der Waals surface area contributed by atoms with Crippen molar-refractivity contribution in [2.75, 3.05) is 12.4 Å². The van der Waals surface area contributed by atoms with Gasteiger partial charge in [-0.05, 0) is 20.8 Å². The highest BCUT2D eigenvalue weighted by atomic mass is 32.1. The average Bonchev–Trinajstić information content (AvgIpc) is 1.95. The number of esters is 1. The van der Waals surface area contributed by atoms with Crippen LogP contribution in [-0.4, -0.2) is 30.0 Å². The van der Waals surface area contributed by atoms with E-state index >= 15 is 0 Å². The van der Waals surface area contributed by atoms with E-state index in [2.05, 4.69) is 12.6 Å². The van der Waals surface area contributed by atoms with E-state index in [1.807, 2.05) is 20.8 Å². The Hall–Kier alpha value is -0.220. The normalized spacial score (nSPS) is 13.9. The number of hydrogen-bond donors (Lipinski definition) is 1. The van der Waals surface area contributed by atoms with Crippen LogP contribution in [0.3, 0.4) is 0 Å². The van der Waals surface area contributed by atoms with Crippen LogP contribution in [0.25, 0.3) is 0 Å². The van der Waals surface area contributed by atoms with E-state index in [0.29, 0.717) is 12.4 Å². The number of thiol groups is 1. The van der Waals surface area contributed by atoms with E-state index in [-0.39, 0.29) is 17.7 Å².